The monoisotopic (exact) mass is 389 g/mol. The van der Waals surface area contributed by atoms with Gasteiger partial charge in [0.05, 0.1) is 12.5 Å². The molecule has 0 aliphatic carbocycles. The molecule has 2 N–H and O–H groups in total. The lowest BCUT2D eigenvalue weighted by Gasteiger charge is -2.36. The van der Waals surface area contributed by atoms with Crippen LogP contribution in [0.3, 0.4) is 0 Å². The Morgan fingerprint density at radius 1 is 1.19 bits per heavy atom. The summed E-state index contributed by atoms with van der Waals surface area (Å²) >= 11 is 6.39. The van der Waals surface area contributed by atoms with Crippen LogP contribution >= 0.6 is 11.6 Å². The summed E-state index contributed by atoms with van der Waals surface area (Å²) in [7, 11) is 1.39. The molecule has 0 bridgehead atoms. The van der Waals surface area contributed by atoms with E-state index in [-0.39, 0.29) is 17.2 Å². The van der Waals surface area contributed by atoms with E-state index < -0.39 is 11.4 Å². The topological polar surface area (TPSA) is 84.9 Å². The summed E-state index contributed by atoms with van der Waals surface area (Å²) in [4.78, 5) is 24.5. The molecule has 0 spiro atoms. The van der Waals surface area contributed by atoms with E-state index in [2.05, 4.69) is 5.32 Å². The van der Waals surface area contributed by atoms with Gasteiger partial charge < -0.3 is 19.9 Å². The van der Waals surface area contributed by atoms with E-state index in [4.69, 9.17) is 21.1 Å². The fourth-order valence-corrected chi connectivity index (χ4v) is 3.70. The number of carbonyl (C=O) groups is 2. The second-order valence-corrected chi connectivity index (χ2v) is 6.76. The molecule has 1 saturated heterocycles. The molecule has 7 heteroatoms. The molecule has 1 fully saturated rings. The van der Waals surface area contributed by atoms with Crippen LogP contribution in [0.2, 0.25) is 5.02 Å². The molecule has 0 aromatic heterocycles. The number of benzene rings is 2. The van der Waals surface area contributed by atoms with Crippen LogP contribution in [0.5, 0.6) is 5.75 Å². The molecule has 142 valence electrons. The lowest BCUT2D eigenvalue weighted by Crippen LogP contribution is -2.45. The number of nitrogens with one attached hydrogen (secondary N) is 1. The average molecular weight is 390 g/mol. The number of aromatic carboxylic acids is 1. The first-order valence-electron chi connectivity index (χ1n) is 8.53. The molecule has 1 amide bonds. The lowest BCUT2D eigenvalue weighted by atomic mass is 9.73. The van der Waals surface area contributed by atoms with Crippen molar-refractivity contribution < 1.29 is 24.2 Å². The van der Waals surface area contributed by atoms with Gasteiger partial charge in [0.15, 0.2) is 0 Å². The maximum Gasteiger partial charge on any atom is 0.339 e. The number of carboxylic acid groups (broad SMARTS) is 1. The van der Waals surface area contributed by atoms with Crippen molar-refractivity contribution in [2.75, 3.05) is 25.6 Å². The zero-order chi connectivity index (χ0) is 19.4. The van der Waals surface area contributed by atoms with Crippen LogP contribution in [0.25, 0.3) is 0 Å². The Morgan fingerprint density at radius 2 is 1.89 bits per heavy atom. The van der Waals surface area contributed by atoms with E-state index in [1.54, 1.807) is 12.1 Å². The minimum atomic E-state index is -1.10. The van der Waals surface area contributed by atoms with E-state index in [1.165, 1.54) is 19.2 Å². The summed E-state index contributed by atoms with van der Waals surface area (Å²) in [5, 5.41) is 12.6. The predicted molar refractivity (Wildman–Crippen MR) is 102 cm³/mol. The highest BCUT2D eigenvalue weighted by atomic mass is 35.5. The van der Waals surface area contributed by atoms with Gasteiger partial charge in [0.1, 0.15) is 11.3 Å². The Morgan fingerprint density at radius 3 is 2.52 bits per heavy atom. The van der Waals surface area contributed by atoms with Gasteiger partial charge in [0.25, 0.3) is 0 Å². The van der Waals surface area contributed by atoms with Crippen molar-refractivity contribution in [2.45, 2.75) is 18.3 Å². The molecule has 1 aliphatic rings. The van der Waals surface area contributed by atoms with Gasteiger partial charge >= 0.3 is 5.97 Å². The van der Waals surface area contributed by atoms with Crippen molar-refractivity contribution >= 4 is 29.2 Å². The summed E-state index contributed by atoms with van der Waals surface area (Å²) < 4.78 is 10.6. The number of halogens is 1. The molecule has 0 unspecified atom stereocenters. The van der Waals surface area contributed by atoms with Gasteiger partial charge in [-0.3, -0.25) is 4.79 Å². The number of amides is 1. The van der Waals surface area contributed by atoms with Crippen molar-refractivity contribution in [3.8, 4) is 5.75 Å². The van der Waals surface area contributed by atoms with Crippen molar-refractivity contribution in [1.29, 1.82) is 0 Å². The van der Waals surface area contributed by atoms with Crippen molar-refractivity contribution in [3.63, 3.8) is 0 Å². The van der Waals surface area contributed by atoms with Gasteiger partial charge in [-0.2, -0.15) is 0 Å². The number of carboxylic acids is 1. The molecule has 0 radical (unpaired) electrons. The van der Waals surface area contributed by atoms with E-state index in [0.717, 1.165) is 5.56 Å². The van der Waals surface area contributed by atoms with Crippen molar-refractivity contribution in [2.24, 2.45) is 0 Å². The molecular formula is C20H20ClNO5. The summed E-state index contributed by atoms with van der Waals surface area (Å²) in [5.74, 6) is -1.12. The molecule has 1 heterocycles. The van der Waals surface area contributed by atoms with Crippen LogP contribution in [0.1, 0.15) is 28.8 Å². The number of carbonyl (C=O) groups excluding carboxylic acids is 1. The maximum absolute atomic E-state index is 13.3. The van der Waals surface area contributed by atoms with Crippen molar-refractivity contribution in [3.05, 3.63) is 58.6 Å². The standard InChI is InChI=1S/C20H20ClNO5/c1-26-17-12-13(6-7-14(17)18(23)24)22-19(25)20(8-10-27-11-9-20)15-4-2-3-5-16(15)21/h2-7,12H,8-11H2,1H3,(H,22,25)(H,23,24). The first kappa shape index (κ1) is 19.2. The third-order valence-electron chi connectivity index (χ3n) is 4.86. The Labute approximate surface area is 162 Å². The first-order valence-corrected chi connectivity index (χ1v) is 8.91. The van der Waals surface area contributed by atoms with Crippen molar-refractivity contribution in [1.82, 2.24) is 0 Å². The summed E-state index contributed by atoms with van der Waals surface area (Å²) in [6.45, 7) is 0.917. The predicted octanol–water partition coefficient (Wildman–Crippen LogP) is 3.73. The molecule has 3 rings (SSSR count). The van der Waals surface area contributed by atoms with Gasteiger partial charge in [0.2, 0.25) is 5.91 Å². The average Bonchev–Trinajstić information content (AvgIpc) is 2.68. The third kappa shape index (κ3) is 3.77. The number of rotatable bonds is 5. The van der Waals surface area contributed by atoms with E-state index in [0.29, 0.717) is 36.8 Å². The fraction of sp³-hybridized carbons (Fsp3) is 0.300. The van der Waals surface area contributed by atoms with Crippen LogP contribution < -0.4 is 10.1 Å². The van der Waals surface area contributed by atoms with Crippen LogP contribution in [-0.4, -0.2) is 37.3 Å². The maximum atomic E-state index is 13.3. The molecule has 6 nitrogen and oxygen atoms in total. The fourth-order valence-electron chi connectivity index (χ4n) is 3.38. The zero-order valence-electron chi connectivity index (χ0n) is 14.8. The largest absolute Gasteiger partial charge is 0.496 e. The normalized spacial score (nSPS) is 15.8. The lowest BCUT2D eigenvalue weighted by molar-refractivity contribution is -0.125. The Hall–Kier alpha value is -2.57. The quantitative estimate of drug-likeness (QED) is 0.813. The Bertz CT molecular complexity index is 861. The summed E-state index contributed by atoms with van der Waals surface area (Å²) in [5.41, 5.74) is 0.443. The molecule has 1 aliphatic heterocycles. The summed E-state index contributed by atoms with van der Waals surface area (Å²) in [6, 6.07) is 11.8. The van der Waals surface area contributed by atoms with Crippen LogP contribution in [0.4, 0.5) is 5.69 Å². The smallest absolute Gasteiger partial charge is 0.339 e. The number of ether oxygens (including phenoxy) is 2. The highest BCUT2D eigenvalue weighted by Gasteiger charge is 2.43. The molecule has 2 aromatic carbocycles. The number of anilines is 1. The van der Waals surface area contributed by atoms with Crippen LogP contribution in [0, 0.1) is 0 Å². The highest BCUT2D eigenvalue weighted by Crippen LogP contribution is 2.40. The van der Waals surface area contributed by atoms with Gasteiger partial charge in [-0.25, -0.2) is 4.79 Å². The van der Waals surface area contributed by atoms with E-state index >= 15 is 0 Å². The minimum absolute atomic E-state index is 0.0300. The second kappa shape index (κ2) is 7.98. The Kier molecular flexibility index (Phi) is 5.68. The SMILES string of the molecule is COc1cc(NC(=O)C2(c3ccccc3Cl)CCOCC2)ccc1C(=O)O. The van der Waals surface area contributed by atoms with Crippen LogP contribution in [0.15, 0.2) is 42.5 Å². The molecule has 0 saturated carbocycles. The zero-order valence-corrected chi connectivity index (χ0v) is 15.6. The summed E-state index contributed by atoms with van der Waals surface area (Å²) in [6.07, 6.45) is 1.01. The van der Waals surface area contributed by atoms with Gasteiger partial charge in [-0.15, -0.1) is 0 Å². The number of hydrogen-bond donors (Lipinski definition) is 2. The third-order valence-corrected chi connectivity index (χ3v) is 5.19. The molecular weight excluding hydrogens is 370 g/mol. The number of methoxy groups -OCH3 is 1. The van der Waals surface area contributed by atoms with Gasteiger partial charge in [0, 0.05) is 30.0 Å². The molecule has 0 atom stereocenters. The van der Waals surface area contributed by atoms with Gasteiger partial charge in [-0.05, 0) is 36.6 Å². The minimum Gasteiger partial charge on any atom is -0.496 e. The molecule has 27 heavy (non-hydrogen) atoms. The Balaban J connectivity index is 1.94. The molecule has 2 aromatic rings. The number of hydrogen-bond acceptors (Lipinski definition) is 4. The van der Waals surface area contributed by atoms with Crippen LogP contribution in [-0.2, 0) is 14.9 Å². The van der Waals surface area contributed by atoms with E-state index in [1.807, 2.05) is 18.2 Å². The second-order valence-electron chi connectivity index (χ2n) is 6.35. The highest BCUT2D eigenvalue weighted by molar-refractivity contribution is 6.31. The first-order chi connectivity index (χ1) is 13.0. The van der Waals surface area contributed by atoms with E-state index in [9.17, 15) is 14.7 Å². The van der Waals surface area contributed by atoms with Gasteiger partial charge in [-0.1, -0.05) is 29.8 Å².